The summed E-state index contributed by atoms with van der Waals surface area (Å²) >= 11 is 12.1. The van der Waals surface area contributed by atoms with Crippen molar-refractivity contribution in [3.05, 3.63) is 63.6 Å². The number of nitrogens with one attached hydrogen (secondary N) is 1. The molecule has 2 aromatic carbocycles. The van der Waals surface area contributed by atoms with E-state index in [1.165, 1.54) is 12.7 Å². The van der Waals surface area contributed by atoms with E-state index in [9.17, 15) is 4.79 Å². The van der Waals surface area contributed by atoms with E-state index in [4.69, 9.17) is 27.9 Å². The number of halogens is 2. The molecule has 0 fully saturated rings. The predicted molar refractivity (Wildman–Crippen MR) is 103 cm³/mol. The fourth-order valence-corrected chi connectivity index (χ4v) is 3.15. The average molecular weight is 381 g/mol. The lowest BCUT2D eigenvalue weighted by Crippen LogP contribution is -2.28. The lowest BCUT2D eigenvalue weighted by Gasteiger charge is -2.16. The van der Waals surface area contributed by atoms with E-state index >= 15 is 0 Å². The first-order valence-corrected chi connectivity index (χ1v) is 8.80. The van der Waals surface area contributed by atoms with Crippen LogP contribution in [0.25, 0.3) is 0 Å². The number of methoxy groups -OCH3 is 1. The lowest BCUT2D eigenvalue weighted by atomic mass is 10.2. The van der Waals surface area contributed by atoms with E-state index in [1.807, 2.05) is 18.2 Å². The lowest BCUT2D eigenvalue weighted by molar-refractivity contribution is 0.0952. The van der Waals surface area contributed by atoms with Crippen LogP contribution in [-0.2, 0) is 6.54 Å². The molecule has 0 atom stereocenters. The van der Waals surface area contributed by atoms with Gasteiger partial charge < -0.3 is 15.0 Å². The minimum absolute atomic E-state index is 0.197. The molecule has 0 aliphatic heterocycles. The molecular weight excluding hydrogens is 359 g/mol. The third-order valence-corrected chi connectivity index (χ3v) is 4.32. The van der Waals surface area contributed by atoms with Crippen LogP contribution in [0.2, 0.25) is 10.0 Å². The Bertz CT molecular complexity index is 685. The monoisotopic (exact) mass is 380 g/mol. The van der Waals surface area contributed by atoms with Gasteiger partial charge in [0.15, 0.2) is 5.75 Å². The molecule has 0 unspecified atom stereocenters. The maximum atomic E-state index is 12.2. The van der Waals surface area contributed by atoms with Crippen molar-refractivity contribution < 1.29 is 9.53 Å². The molecule has 2 rings (SSSR count). The first-order valence-electron chi connectivity index (χ1n) is 8.05. The van der Waals surface area contributed by atoms with Crippen molar-refractivity contribution in [3.63, 3.8) is 0 Å². The zero-order chi connectivity index (χ0) is 18.2. The van der Waals surface area contributed by atoms with Crippen molar-refractivity contribution in [1.29, 1.82) is 0 Å². The number of ether oxygens (including phenoxy) is 1. The number of benzene rings is 2. The van der Waals surface area contributed by atoms with Gasteiger partial charge in [0.1, 0.15) is 0 Å². The Labute approximate surface area is 158 Å². The number of carbonyl (C=O) groups is 1. The van der Waals surface area contributed by atoms with E-state index in [2.05, 4.69) is 29.4 Å². The molecule has 4 nitrogen and oxygen atoms in total. The second-order valence-electron chi connectivity index (χ2n) is 5.81. The molecule has 1 amide bonds. The molecule has 0 spiro atoms. The van der Waals surface area contributed by atoms with Gasteiger partial charge in [0, 0.05) is 18.7 Å². The second-order valence-corrected chi connectivity index (χ2v) is 6.62. The zero-order valence-electron chi connectivity index (χ0n) is 14.4. The molecule has 2 aromatic rings. The fourth-order valence-electron chi connectivity index (χ4n) is 2.51. The Kier molecular flexibility index (Phi) is 7.56. The van der Waals surface area contributed by atoms with Crippen molar-refractivity contribution >= 4 is 29.1 Å². The van der Waals surface area contributed by atoms with Crippen LogP contribution >= 0.6 is 23.2 Å². The number of carbonyl (C=O) groups excluding carboxylic acids is 1. The Morgan fingerprint density at radius 3 is 2.40 bits per heavy atom. The van der Waals surface area contributed by atoms with Gasteiger partial charge in [0.25, 0.3) is 5.91 Å². The SMILES string of the molecule is COc1c(Cl)cc(C(=O)NCCCN(C)Cc2ccccc2)cc1Cl. The Hall–Kier alpha value is -1.75. The third-order valence-electron chi connectivity index (χ3n) is 3.76. The van der Waals surface area contributed by atoms with Crippen molar-refractivity contribution in [2.75, 3.05) is 27.2 Å². The molecule has 0 aliphatic carbocycles. The smallest absolute Gasteiger partial charge is 0.251 e. The molecule has 0 heterocycles. The topological polar surface area (TPSA) is 41.6 Å². The molecule has 0 aromatic heterocycles. The van der Waals surface area contributed by atoms with E-state index in [0.29, 0.717) is 27.9 Å². The summed E-state index contributed by atoms with van der Waals surface area (Å²) in [5, 5.41) is 3.53. The van der Waals surface area contributed by atoms with Gasteiger partial charge in [-0.1, -0.05) is 53.5 Å². The van der Waals surface area contributed by atoms with Gasteiger partial charge in [-0.25, -0.2) is 0 Å². The van der Waals surface area contributed by atoms with Crippen molar-refractivity contribution in [2.24, 2.45) is 0 Å². The Morgan fingerprint density at radius 2 is 1.80 bits per heavy atom. The van der Waals surface area contributed by atoms with Crippen LogP contribution < -0.4 is 10.1 Å². The minimum Gasteiger partial charge on any atom is -0.494 e. The van der Waals surface area contributed by atoms with Gasteiger partial charge in [0.2, 0.25) is 0 Å². The summed E-state index contributed by atoms with van der Waals surface area (Å²) < 4.78 is 5.08. The summed E-state index contributed by atoms with van der Waals surface area (Å²) in [5.41, 5.74) is 1.70. The number of rotatable bonds is 8. The molecule has 0 aliphatic rings. The minimum atomic E-state index is -0.197. The molecule has 0 saturated carbocycles. The van der Waals surface area contributed by atoms with Crippen LogP contribution in [0.5, 0.6) is 5.75 Å². The van der Waals surface area contributed by atoms with Gasteiger partial charge in [0.05, 0.1) is 17.2 Å². The molecule has 0 bridgehead atoms. The Balaban J connectivity index is 1.77. The summed E-state index contributed by atoms with van der Waals surface area (Å²) in [4.78, 5) is 14.4. The van der Waals surface area contributed by atoms with Gasteiger partial charge >= 0.3 is 0 Å². The maximum absolute atomic E-state index is 12.2. The van der Waals surface area contributed by atoms with Crippen LogP contribution in [0.15, 0.2) is 42.5 Å². The van der Waals surface area contributed by atoms with Crippen molar-refractivity contribution in [3.8, 4) is 5.75 Å². The predicted octanol–water partition coefficient (Wildman–Crippen LogP) is 4.25. The molecule has 1 N–H and O–H groups in total. The number of hydrogen-bond donors (Lipinski definition) is 1. The molecular formula is C19H22Cl2N2O2. The van der Waals surface area contributed by atoms with Crippen LogP contribution in [0.1, 0.15) is 22.3 Å². The summed E-state index contributed by atoms with van der Waals surface area (Å²) in [7, 11) is 3.55. The van der Waals surface area contributed by atoms with Gasteiger partial charge in [-0.15, -0.1) is 0 Å². The normalized spacial score (nSPS) is 10.8. The van der Waals surface area contributed by atoms with Crippen LogP contribution in [0.3, 0.4) is 0 Å². The average Bonchev–Trinajstić information content (AvgIpc) is 2.59. The summed E-state index contributed by atoms with van der Waals surface area (Å²) in [6, 6.07) is 13.4. The summed E-state index contributed by atoms with van der Waals surface area (Å²) in [6.45, 7) is 2.36. The molecule has 25 heavy (non-hydrogen) atoms. The summed E-state index contributed by atoms with van der Waals surface area (Å²) in [5.74, 6) is 0.180. The molecule has 0 saturated heterocycles. The zero-order valence-corrected chi connectivity index (χ0v) is 15.9. The van der Waals surface area contributed by atoms with Crippen LogP contribution in [-0.4, -0.2) is 38.1 Å². The first kappa shape index (κ1) is 19.6. The first-order chi connectivity index (χ1) is 12.0. The fraction of sp³-hybridized carbons (Fsp3) is 0.316. The molecule has 0 radical (unpaired) electrons. The van der Waals surface area contributed by atoms with Crippen molar-refractivity contribution in [1.82, 2.24) is 10.2 Å². The van der Waals surface area contributed by atoms with Crippen LogP contribution in [0, 0.1) is 0 Å². The van der Waals surface area contributed by atoms with E-state index in [1.54, 1.807) is 12.1 Å². The van der Waals surface area contributed by atoms with Crippen LogP contribution in [0.4, 0.5) is 0 Å². The maximum Gasteiger partial charge on any atom is 0.251 e. The highest BCUT2D eigenvalue weighted by atomic mass is 35.5. The van der Waals surface area contributed by atoms with E-state index in [0.717, 1.165) is 19.5 Å². The van der Waals surface area contributed by atoms with E-state index in [-0.39, 0.29) is 5.91 Å². The van der Waals surface area contributed by atoms with Gasteiger partial charge in [-0.2, -0.15) is 0 Å². The second kappa shape index (κ2) is 9.66. The number of nitrogens with zero attached hydrogens (tertiary/aromatic N) is 1. The highest BCUT2D eigenvalue weighted by molar-refractivity contribution is 6.37. The largest absolute Gasteiger partial charge is 0.494 e. The third kappa shape index (κ3) is 5.92. The quantitative estimate of drug-likeness (QED) is 0.695. The molecule has 6 heteroatoms. The van der Waals surface area contributed by atoms with Crippen molar-refractivity contribution in [2.45, 2.75) is 13.0 Å². The summed E-state index contributed by atoms with van der Waals surface area (Å²) in [6.07, 6.45) is 0.854. The highest BCUT2D eigenvalue weighted by Crippen LogP contribution is 2.33. The molecule has 134 valence electrons. The Morgan fingerprint density at radius 1 is 1.16 bits per heavy atom. The van der Waals surface area contributed by atoms with Gasteiger partial charge in [-0.3, -0.25) is 4.79 Å². The van der Waals surface area contributed by atoms with Gasteiger partial charge in [-0.05, 0) is 37.7 Å². The highest BCUT2D eigenvalue weighted by Gasteiger charge is 2.13. The number of amides is 1. The van der Waals surface area contributed by atoms with E-state index < -0.39 is 0 Å². The standard InChI is InChI=1S/C19H22Cl2N2O2/c1-23(13-14-7-4-3-5-8-14)10-6-9-22-19(24)15-11-16(20)18(25-2)17(21)12-15/h3-5,7-8,11-12H,6,9-10,13H2,1-2H3,(H,22,24). The number of hydrogen-bond acceptors (Lipinski definition) is 3.